The summed E-state index contributed by atoms with van der Waals surface area (Å²) in [6.07, 6.45) is 5.54. The fourth-order valence-electron chi connectivity index (χ4n) is 3.28. The van der Waals surface area contributed by atoms with Gasteiger partial charge >= 0.3 is 0 Å². The standard InChI is InChI=1S/C19H19ClN2S/c1-13-4-6-14(7-5-13)3-2-10-22-16-8-9-21-12-15(16)19-17(22)11-18(20)23-19/h2-7,11,21H,8-10,12H2,1H3/b3-2+. The number of nitrogens with one attached hydrogen (secondary N) is 1. The number of fused-ring (bicyclic) bond motifs is 3. The number of halogens is 1. The monoisotopic (exact) mass is 342 g/mol. The summed E-state index contributed by atoms with van der Waals surface area (Å²) in [5.74, 6) is 0. The number of aryl methyl sites for hydroxylation is 1. The van der Waals surface area contributed by atoms with Crippen LogP contribution in [0.4, 0.5) is 0 Å². The first kappa shape index (κ1) is 15.0. The zero-order valence-corrected chi connectivity index (χ0v) is 14.7. The first-order valence-corrected chi connectivity index (χ1v) is 9.15. The minimum absolute atomic E-state index is 0.875. The lowest BCUT2D eigenvalue weighted by atomic mass is 10.1. The van der Waals surface area contributed by atoms with Gasteiger partial charge in [0.25, 0.3) is 0 Å². The SMILES string of the molecule is Cc1ccc(/C=C/Cn2c3c(c4sc(Cl)cc42)CNCC3)cc1. The van der Waals surface area contributed by atoms with Gasteiger partial charge in [0, 0.05) is 37.3 Å². The van der Waals surface area contributed by atoms with Gasteiger partial charge in [-0.1, -0.05) is 53.6 Å². The molecule has 4 rings (SSSR count). The van der Waals surface area contributed by atoms with Crippen LogP contribution >= 0.6 is 22.9 Å². The van der Waals surface area contributed by atoms with E-state index in [1.165, 1.54) is 32.6 Å². The molecule has 0 saturated carbocycles. The fraction of sp³-hybridized carbons (Fsp3) is 0.263. The van der Waals surface area contributed by atoms with E-state index in [2.05, 4.69) is 59.3 Å². The molecule has 0 spiro atoms. The van der Waals surface area contributed by atoms with Crippen molar-refractivity contribution in [3.63, 3.8) is 0 Å². The van der Waals surface area contributed by atoms with Crippen LogP contribution in [0, 0.1) is 6.92 Å². The molecule has 0 atom stereocenters. The summed E-state index contributed by atoms with van der Waals surface area (Å²) in [6.45, 7) is 5.02. The Morgan fingerprint density at radius 2 is 2.13 bits per heavy atom. The zero-order chi connectivity index (χ0) is 15.8. The highest BCUT2D eigenvalue weighted by molar-refractivity contribution is 7.22. The molecule has 0 bridgehead atoms. The highest BCUT2D eigenvalue weighted by Crippen LogP contribution is 2.37. The van der Waals surface area contributed by atoms with Crippen LogP contribution in [0.15, 0.2) is 36.4 Å². The molecule has 0 saturated heterocycles. The summed E-state index contributed by atoms with van der Waals surface area (Å²) in [6, 6.07) is 10.7. The summed E-state index contributed by atoms with van der Waals surface area (Å²) in [5.41, 5.74) is 6.73. The molecule has 1 aliphatic heterocycles. The number of rotatable bonds is 3. The molecular weight excluding hydrogens is 324 g/mol. The van der Waals surface area contributed by atoms with E-state index in [9.17, 15) is 0 Å². The smallest absolute Gasteiger partial charge is 0.0956 e. The maximum Gasteiger partial charge on any atom is 0.0956 e. The van der Waals surface area contributed by atoms with Crippen molar-refractivity contribution in [2.75, 3.05) is 6.54 Å². The van der Waals surface area contributed by atoms with Gasteiger partial charge < -0.3 is 9.88 Å². The first-order valence-electron chi connectivity index (χ1n) is 7.95. The van der Waals surface area contributed by atoms with Gasteiger partial charge in [0.2, 0.25) is 0 Å². The van der Waals surface area contributed by atoms with E-state index in [1.54, 1.807) is 11.3 Å². The van der Waals surface area contributed by atoms with E-state index >= 15 is 0 Å². The van der Waals surface area contributed by atoms with E-state index in [4.69, 9.17) is 11.6 Å². The van der Waals surface area contributed by atoms with Crippen LogP contribution in [0.2, 0.25) is 4.34 Å². The molecule has 0 fully saturated rings. The van der Waals surface area contributed by atoms with Crippen LogP contribution in [0.25, 0.3) is 16.3 Å². The summed E-state index contributed by atoms with van der Waals surface area (Å²) < 4.78 is 4.65. The van der Waals surface area contributed by atoms with Gasteiger partial charge in [0.05, 0.1) is 14.6 Å². The van der Waals surface area contributed by atoms with E-state index in [1.807, 2.05) is 0 Å². The third kappa shape index (κ3) is 2.85. The van der Waals surface area contributed by atoms with Crippen molar-refractivity contribution in [2.45, 2.75) is 26.4 Å². The van der Waals surface area contributed by atoms with Gasteiger partial charge in [-0.25, -0.2) is 0 Å². The molecule has 3 aromatic rings. The fourth-order valence-corrected chi connectivity index (χ4v) is 4.56. The maximum atomic E-state index is 6.25. The minimum atomic E-state index is 0.875. The van der Waals surface area contributed by atoms with Crippen LogP contribution in [0.3, 0.4) is 0 Å². The van der Waals surface area contributed by atoms with Gasteiger partial charge in [-0.15, -0.1) is 11.3 Å². The van der Waals surface area contributed by atoms with Crippen molar-refractivity contribution in [2.24, 2.45) is 0 Å². The molecule has 1 aromatic carbocycles. The zero-order valence-electron chi connectivity index (χ0n) is 13.1. The normalized spacial score (nSPS) is 14.7. The third-order valence-corrected chi connectivity index (χ3v) is 5.75. The average Bonchev–Trinajstić information content (AvgIpc) is 3.06. The molecule has 2 aromatic heterocycles. The Morgan fingerprint density at radius 1 is 1.30 bits per heavy atom. The highest BCUT2D eigenvalue weighted by Gasteiger charge is 2.21. The lowest BCUT2D eigenvalue weighted by Crippen LogP contribution is -2.24. The Hall–Kier alpha value is -1.55. The van der Waals surface area contributed by atoms with Crippen LogP contribution in [0.1, 0.15) is 22.4 Å². The second-order valence-electron chi connectivity index (χ2n) is 6.04. The van der Waals surface area contributed by atoms with Crippen LogP contribution in [0.5, 0.6) is 0 Å². The summed E-state index contributed by atoms with van der Waals surface area (Å²) in [4.78, 5) is 0. The van der Waals surface area contributed by atoms with Gasteiger partial charge in [-0.3, -0.25) is 0 Å². The maximum absolute atomic E-state index is 6.25. The molecule has 4 heteroatoms. The highest BCUT2D eigenvalue weighted by atomic mass is 35.5. The first-order chi connectivity index (χ1) is 11.2. The number of nitrogens with zero attached hydrogens (tertiary/aromatic N) is 1. The molecule has 23 heavy (non-hydrogen) atoms. The van der Waals surface area contributed by atoms with Gasteiger partial charge in [-0.2, -0.15) is 0 Å². The molecule has 1 N–H and O–H groups in total. The second kappa shape index (κ2) is 6.16. The number of hydrogen-bond acceptors (Lipinski definition) is 2. The molecule has 1 aliphatic rings. The van der Waals surface area contributed by atoms with E-state index in [-0.39, 0.29) is 0 Å². The molecule has 0 aliphatic carbocycles. The third-order valence-electron chi connectivity index (χ3n) is 4.44. The number of thiophene rings is 1. The average molecular weight is 343 g/mol. The Bertz CT molecular complexity index is 871. The quantitative estimate of drug-likeness (QED) is 0.706. The topological polar surface area (TPSA) is 17.0 Å². The van der Waals surface area contributed by atoms with Crippen molar-refractivity contribution in [3.05, 3.63) is 63.1 Å². The van der Waals surface area contributed by atoms with E-state index in [0.29, 0.717) is 0 Å². The lowest BCUT2D eigenvalue weighted by Gasteiger charge is -2.16. The van der Waals surface area contributed by atoms with Gasteiger partial charge in [-0.05, 0) is 18.6 Å². The Labute approximate surface area is 145 Å². The van der Waals surface area contributed by atoms with E-state index < -0.39 is 0 Å². The largest absolute Gasteiger partial charge is 0.340 e. The van der Waals surface area contributed by atoms with Crippen molar-refractivity contribution in [1.29, 1.82) is 0 Å². The molecular formula is C19H19ClN2S. The van der Waals surface area contributed by atoms with Gasteiger partial charge in [0.1, 0.15) is 0 Å². The number of aromatic nitrogens is 1. The Balaban J connectivity index is 1.67. The lowest BCUT2D eigenvalue weighted by molar-refractivity contribution is 0.614. The minimum Gasteiger partial charge on any atom is -0.340 e. The molecule has 0 amide bonds. The van der Waals surface area contributed by atoms with Crippen LogP contribution < -0.4 is 5.32 Å². The molecule has 0 radical (unpaired) electrons. The van der Waals surface area contributed by atoms with Crippen molar-refractivity contribution < 1.29 is 0 Å². The molecule has 2 nitrogen and oxygen atoms in total. The summed E-state index contributed by atoms with van der Waals surface area (Å²) in [5, 5.41) is 3.48. The van der Waals surface area contributed by atoms with Crippen LogP contribution in [-0.4, -0.2) is 11.1 Å². The summed E-state index contributed by atoms with van der Waals surface area (Å²) >= 11 is 7.95. The predicted octanol–water partition coefficient (Wildman–Crippen LogP) is 5.02. The van der Waals surface area contributed by atoms with Gasteiger partial charge in [0.15, 0.2) is 0 Å². The Kier molecular flexibility index (Phi) is 4.02. The second-order valence-corrected chi connectivity index (χ2v) is 7.72. The number of allylic oxidation sites excluding steroid dienone is 1. The Morgan fingerprint density at radius 3 is 2.96 bits per heavy atom. The van der Waals surface area contributed by atoms with Crippen molar-refractivity contribution >= 4 is 39.2 Å². The molecule has 3 heterocycles. The predicted molar refractivity (Wildman–Crippen MR) is 100 cm³/mol. The van der Waals surface area contributed by atoms with Crippen molar-refractivity contribution in [3.8, 4) is 0 Å². The molecule has 0 unspecified atom stereocenters. The molecule has 118 valence electrons. The summed E-state index contributed by atoms with van der Waals surface area (Å²) in [7, 11) is 0. The van der Waals surface area contributed by atoms with Crippen LogP contribution in [-0.2, 0) is 19.5 Å². The van der Waals surface area contributed by atoms with E-state index in [0.717, 1.165) is 30.4 Å². The number of hydrogen-bond donors (Lipinski definition) is 1. The number of benzene rings is 1. The van der Waals surface area contributed by atoms with Crippen molar-refractivity contribution in [1.82, 2.24) is 9.88 Å².